The van der Waals surface area contributed by atoms with E-state index in [1.165, 1.54) is 12.8 Å². The summed E-state index contributed by atoms with van der Waals surface area (Å²) in [6.45, 7) is 2.64. The lowest BCUT2D eigenvalue weighted by Crippen LogP contribution is -2.19. The molecule has 0 aliphatic heterocycles. The number of aromatic amines is 1. The Kier molecular flexibility index (Phi) is 5.16. The van der Waals surface area contributed by atoms with Crippen LogP contribution in [0.5, 0.6) is 5.75 Å². The summed E-state index contributed by atoms with van der Waals surface area (Å²) < 4.78 is 7.77. The smallest absolute Gasteiger partial charge is 0.253 e. The number of fused-ring (bicyclic) bond motifs is 1. The van der Waals surface area contributed by atoms with Crippen LogP contribution in [0.25, 0.3) is 16.6 Å². The number of H-pyrrole nitrogens is 1. The van der Waals surface area contributed by atoms with E-state index in [0.717, 1.165) is 16.8 Å². The SMILES string of the molecule is C[C@H](Nc1cccc(-n2ccnc2)c1)c1cc2ccc(OCC3CC3)c(Cl)c2[nH]c1=O. The minimum absolute atomic E-state index is 0.167. The van der Waals surface area contributed by atoms with Crippen LogP contribution >= 0.6 is 11.6 Å². The maximum absolute atomic E-state index is 12.9. The monoisotopic (exact) mass is 434 g/mol. The van der Waals surface area contributed by atoms with Gasteiger partial charge in [-0.1, -0.05) is 17.7 Å². The molecule has 1 fully saturated rings. The molecule has 0 saturated heterocycles. The fourth-order valence-corrected chi connectivity index (χ4v) is 3.93. The summed E-state index contributed by atoms with van der Waals surface area (Å²) in [7, 11) is 0. The second-order valence-corrected chi connectivity index (χ2v) is 8.41. The molecule has 31 heavy (non-hydrogen) atoms. The Hall–Kier alpha value is -3.25. The molecule has 0 unspecified atom stereocenters. The number of hydrogen-bond donors (Lipinski definition) is 2. The van der Waals surface area contributed by atoms with Crippen LogP contribution in [0.1, 0.15) is 31.4 Å². The summed E-state index contributed by atoms with van der Waals surface area (Å²) in [5.41, 5.74) is 2.99. The topological polar surface area (TPSA) is 71.9 Å². The zero-order valence-corrected chi connectivity index (χ0v) is 17.9. The van der Waals surface area contributed by atoms with Crippen molar-refractivity contribution in [3.63, 3.8) is 0 Å². The predicted molar refractivity (Wildman–Crippen MR) is 123 cm³/mol. The molecule has 0 bridgehead atoms. The van der Waals surface area contributed by atoms with Crippen molar-refractivity contribution < 1.29 is 4.74 Å². The van der Waals surface area contributed by atoms with Gasteiger partial charge in [0.15, 0.2) is 0 Å². The molecule has 1 atom stereocenters. The number of ether oxygens (including phenoxy) is 1. The number of anilines is 1. The Labute approximate surface area is 184 Å². The van der Waals surface area contributed by atoms with Gasteiger partial charge >= 0.3 is 0 Å². The molecule has 6 nitrogen and oxygen atoms in total. The molecule has 2 N–H and O–H groups in total. The molecule has 0 amide bonds. The second-order valence-electron chi connectivity index (χ2n) is 8.04. The number of hydrogen-bond acceptors (Lipinski definition) is 4. The number of nitrogens with zero attached hydrogens (tertiary/aromatic N) is 2. The van der Waals surface area contributed by atoms with Gasteiger partial charge in [-0.05, 0) is 62.1 Å². The first kappa shape index (κ1) is 19.7. The van der Waals surface area contributed by atoms with Gasteiger partial charge in [-0.25, -0.2) is 4.98 Å². The van der Waals surface area contributed by atoms with E-state index in [-0.39, 0.29) is 11.6 Å². The van der Waals surface area contributed by atoms with E-state index in [9.17, 15) is 4.79 Å². The first-order chi connectivity index (χ1) is 15.1. The zero-order chi connectivity index (χ0) is 21.4. The third-order valence-corrected chi connectivity index (χ3v) is 6.00. The predicted octanol–water partition coefficient (Wildman–Crippen LogP) is 5.33. The molecule has 0 radical (unpaired) electrons. The van der Waals surface area contributed by atoms with Crippen molar-refractivity contribution in [1.29, 1.82) is 0 Å². The normalized spacial score (nSPS) is 14.5. The zero-order valence-electron chi connectivity index (χ0n) is 17.1. The van der Waals surface area contributed by atoms with Crippen molar-refractivity contribution in [2.24, 2.45) is 5.92 Å². The van der Waals surface area contributed by atoms with Crippen molar-refractivity contribution in [2.75, 3.05) is 11.9 Å². The minimum atomic E-state index is -0.198. The second kappa shape index (κ2) is 8.12. The van der Waals surface area contributed by atoms with Gasteiger partial charge in [-0.3, -0.25) is 4.79 Å². The Morgan fingerprint density at radius 2 is 2.16 bits per heavy atom. The molecular formula is C24H23ClN4O2. The molecule has 5 rings (SSSR count). The summed E-state index contributed by atoms with van der Waals surface area (Å²) in [5.74, 6) is 1.25. The van der Waals surface area contributed by atoms with Crippen molar-refractivity contribution in [2.45, 2.75) is 25.8 Å². The van der Waals surface area contributed by atoms with Crippen LogP contribution in [0.2, 0.25) is 5.02 Å². The first-order valence-electron chi connectivity index (χ1n) is 10.4. The number of rotatable bonds is 7. The highest BCUT2D eigenvalue weighted by Crippen LogP contribution is 2.35. The highest BCUT2D eigenvalue weighted by molar-refractivity contribution is 6.36. The van der Waals surface area contributed by atoms with Crippen molar-refractivity contribution in [1.82, 2.24) is 14.5 Å². The standard InChI is InChI=1S/C24H23ClN4O2/c1-15(27-18-3-2-4-19(12-18)29-10-9-26-14-29)20-11-17-7-8-21(31-13-16-5-6-16)22(25)23(17)28-24(20)30/h2-4,7-12,14-16,27H,5-6,13H2,1H3,(H,28,30)/t15-/m0/s1. The molecule has 0 spiro atoms. The van der Waals surface area contributed by atoms with Crippen LogP contribution < -0.4 is 15.6 Å². The lowest BCUT2D eigenvalue weighted by Gasteiger charge is -2.17. The van der Waals surface area contributed by atoms with E-state index in [4.69, 9.17) is 16.3 Å². The van der Waals surface area contributed by atoms with Gasteiger partial charge < -0.3 is 19.6 Å². The Balaban J connectivity index is 1.40. The molecule has 1 saturated carbocycles. The molecule has 1 aliphatic carbocycles. The van der Waals surface area contributed by atoms with E-state index in [0.29, 0.717) is 34.4 Å². The van der Waals surface area contributed by atoms with Gasteiger partial charge in [-0.2, -0.15) is 0 Å². The van der Waals surface area contributed by atoms with E-state index in [2.05, 4.69) is 15.3 Å². The molecule has 7 heteroatoms. The van der Waals surface area contributed by atoms with Crippen LogP contribution in [0.3, 0.4) is 0 Å². The molecule has 4 aromatic rings. The summed E-state index contributed by atoms with van der Waals surface area (Å²) in [4.78, 5) is 19.9. The Morgan fingerprint density at radius 1 is 1.29 bits per heavy atom. The highest BCUT2D eigenvalue weighted by Gasteiger charge is 2.23. The number of nitrogens with one attached hydrogen (secondary N) is 2. The maximum atomic E-state index is 12.9. The number of benzene rings is 2. The van der Waals surface area contributed by atoms with Crippen LogP contribution in [0, 0.1) is 5.92 Å². The molecule has 2 aromatic carbocycles. The van der Waals surface area contributed by atoms with E-state index >= 15 is 0 Å². The van der Waals surface area contributed by atoms with Crippen molar-refractivity contribution >= 4 is 28.2 Å². The number of halogens is 1. The van der Waals surface area contributed by atoms with Gasteiger partial charge in [0.2, 0.25) is 0 Å². The van der Waals surface area contributed by atoms with Crippen LogP contribution in [0.15, 0.2) is 66.0 Å². The van der Waals surface area contributed by atoms with Gasteiger partial charge in [-0.15, -0.1) is 0 Å². The van der Waals surface area contributed by atoms with Gasteiger partial charge in [0.1, 0.15) is 10.8 Å². The Morgan fingerprint density at radius 3 is 2.94 bits per heavy atom. The largest absolute Gasteiger partial charge is 0.492 e. The summed E-state index contributed by atoms with van der Waals surface area (Å²) in [5, 5.41) is 4.75. The summed E-state index contributed by atoms with van der Waals surface area (Å²) in [6, 6.07) is 13.5. The number of pyridine rings is 1. The average molecular weight is 435 g/mol. The lowest BCUT2D eigenvalue weighted by molar-refractivity contribution is 0.300. The van der Waals surface area contributed by atoms with E-state index in [1.807, 2.05) is 60.2 Å². The van der Waals surface area contributed by atoms with Crippen molar-refractivity contribution in [3.8, 4) is 11.4 Å². The van der Waals surface area contributed by atoms with Crippen LogP contribution in [0.4, 0.5) is 5.69 Å². The molecule has 2 heterocycles. The summed E-state index contributed by atoms with van der Waals surface area (Å²) in [6.07, 6.45) is 7.81. The minimum Gasteiger partial charge on any atom is -0.492 e. The first-order valence-corrected chi connectivity index (χ1v) is 10.8. The average Bonchev–Trinajstić information content (AvgIpc) is 3.43. The van der Waals surface area contributed by atoms with E-state index < -0.39 is 0 Å². The third-order valence-electron chi connectivity index (χ3n) is 5.62. The quantitative estimate of drug-likeness (QED) is 0.412. The van der Waals surface area contributed by atoms with Gasteiger partial charge in [0.25, 0.3) is 5.56 Å². The van der Waals surface area contributed by atoms with Gasteiger partial charge in [0.05, 0.1) is 24.5 Å². The third kappa shape index (κ3) is 4.16. The van der Waals surface area contributed by atoms with Gasteiger partial charge in [0, 0.05) is 34.7 Å². The van der Waals surface area contributed by atoms with Crippen LogP contribution in [-0.4, -0.2) is 21.1 Å². The maximum Gasteiger partial charge on any atom is 0.253 e. The fraction of sp³-hybridized carbons (Fsp3) is 0.250. The molecular weight excluding hydrogens is 412 g/mol. The van der Waals surface area contributed by atoms with Crippen molar-refractivity contribution in [3.05, 3.63) is 82.1 Å². The summed E-state index contributed by atoms with van der Waals surface area (Å²) >= 11 is 6.53. The highest BCUT2D eigenvalue weighted by atomic mass is 35.5. The molecule has 1 aliphatic rings. The fourth-order valence-electron chi connectivity index (χ4n) is 3.66. The number of aromatic nitrogens is 3. The van der Waals surface area contributed by atoms with E-state index in [1.54, 1.807) is 12.5 Å². The Bertz CT molecular complexity index is 1280. The molecule has 158 valence electrons. The lowest BCUT2D eigenvalue weighted by atomic mass is 10.1. The molecule has 2 aromatic heterocycles. The van der Waals surface area contributed by atoms with Crippen LogP contribution in [-0.2, 0) is 0 Å². The number of imidazole rings is 1.